The number of aliphatic imine (C=N–C) groups is 2. The molecule has 3 rings (SSSR count). The van der Waals surface area contributed by atoms with Gasteiger partial charge in [-0.1, -0.05) is 49.4 Å². The summed E-state index contributed by atoms with van der Waals surface area (Å²) in [6, 6.07) is 17.6. The van der Waals surface area contributed by atoms with Gasteiger partial charge in [0.1, 0.15) is 0 Å². The molecule has 1 aromatic heterocycles. The summed E-state index contributed by atoms with van der Waals surface area (Å²) < 4.78 is 5.79. The number of rotatable bonds is 6. The normalized spacial score (nSPS) is 12.6. The highest BCUT2D eigenvalue weighted by atomic mass is 16.4. The van der Waals surface area contributed by atoms with E-state index in [4.69, 9.17) is 10.2 Å². The van der Waals surface area contributed by atoms with Crippen molar-refractivity contribution in [3.05, 3.63) is 77.4 Å². The molecule has 0 aliphatic carbocycles. The van der Waals surface area contributed by atoms with Gasteiger partial charge in [0, 0.05) is 11.3 Å². The fraction of sp³-hybridized carbons (Fsp3) is 0.143. The van der Waals surface area contributed by atoms with Crippen molar-refractivity contribution in [2.45, 2.75) is 20.3 Å². The molecule has 0 saturated heterocycles. The highest BCUT2D eigenvalue weighted by Crippen LogP contribution is 2.24. The Balaban J connectivity index is 2.04. The quantitative estimate of drug-likeness (QED) is 0.671. The molecule has 2 aromatic carbocycles. The Morgan fingerprint density at radius 2 is 1.78 bits per heavy atom. The zero-order valence-corrected chi connectivity index (χ0v) is 15.4. The van der Waals surface area contributed by atoms with Crippen molar-refractivity contribution in [2.24, 2.45) is 15.7 Å². The zero-order valence-electron chi connectivity index (χ0n) is 15.4. The summed E-state index contributed by atoms with van der Waals surface area (Å²) in [6.45, 7) is 7.51. The van der Waals surface area contributed by atoms with Crippen molar-refractivity contribution in [1.29, 1.82) is 0 Å². The van der Waals surface area contributed by atoms with E-state index in [-0.39, 0.29) is 11.7 Å². The van der Waals surface area contributed by atoms with Gasteiger partial charge in [0.15, 0.2) is 11.5 Å². The summed E-state index contributed by atoms with van der Waals surface area (Å²) in [5.41, 5.74) is 10.2. The number of hydrogen-bond acceptors (Lipinski definition) is 6. The summed E-state index contributed by atoms with van der Waals surface area (Å²) in [5, 5.41) is 8.20. The van der Waals surface area contributed by atoms with E-state index in [0.29, 0.717) is 11.6 Å². The first-order chi connectivity index (χ1) is 13.1. The highest BCUT2D eigenvalue weighted by Gasteiger charge is 2.16. The van der Waals surface area contributed by atoms with Crippen molar-refractivity contribution in [3.8, 4) is 11.5 Å². The minimum atomic E-state index is 0.131. The largest absolute Gasteiger partial charge is 0.414 e. The highest BCUT2D eigenvalue weighted by molar-refractivity contribution is 6.02. The standard InChI is InChI=1S/C21H21N5O/c1-4-15-10-8-9-13-17(15)14(2)24-18(19(22)23-3)21-26-25-20(27-21)16-11-6-5-7-12-16/h5-13H,3-4,22H2,1-2H3/b19-18-,24-14+. The van der Waals surface area contributed by atoms with E-state index in [9.17, 15) is 0 Å². The monoisotopic (exact) mass is 359 g/mol. The van der Waals surface area contributed by atoms with Crippen LogP contribution in [0.25, 0.3) is 17.2 Å². The average molecular weight is 359 g/mol. The summed E-state index contributed by atoms with van der Waals surface area (Å²) in [5.74, 6) is 0.723. The Kier molecular flexibility index (Phi) is 5.56. The predicted octanol–water partition coefficient (Wildman–Crippen LogP) is 4.09. The van der Waals surface area contributed by atoms with Crippen molar-refractivity contribution >= 4 is 18.1 Å². The number of hydrogen-bond donors (Lipinski definition) is 1. The van der Waals surface area contributed by atoms with Crippen LogP contribution < -0.4 is 5.73 Å². The minimum absolute atomic E-state index is 0.131. The first-order valence-corrected chi connectivity index (χ1v) is 8.63. The van der Waals surface area contributed by atoms with Crippen LogP contribution in [0.1, 0.15) is 30.9 Å². The van der Waals surface area contributed by atoms with Crippen molar-refractivity contribution < 1.29 is 4.42 Å². The van der Waals surface area contributed by atoms with E-state index < -0.39 is 0 Å². The topological polar surface area (TPSA) is 89.7 Å². The third-order valence-electron chi connectivity index (χ3n) is 4.13. The van der Waals surface area contributed by atoms with Crippen LogP contribution in [0.4, 0.5) is 0 Å². The average Bonchev–Trinajstić information content (AvgIpc) is 3.21. The fourth-order valence-electron chi connectivity index (χ4n) is 2.72. The van der Waals surface area contributed by atoms with Gasteiger partial charge < -0.3 is 10.2 Å². The van der Waals surface area contributed by atoms with Crippen LogP contribution in [0.15, 0.2) is 74.8 Å². The van der Waals surface area contributed by atoms with Crippen molar-refractivity contribution in [2.75, 3.05) is 0 Å². The Labute approximate surface area is 158 Å². The molecular formula is C21H21N5O. The van der Waals surface area contributed by atoms with Crippen LogP contribution in [0, 0.1) is 0 Å². The number of nitrogens with zero attached hydrogens (tertiary/aromatic N) is 4. The summed E-state index contributed by atoms with van der Waals surface area (Å²) in [6.07, 6.45) is 0.899. The second kappa shape index (κ2) is 8.23. The molecule has 0 bridgehead atoms. The summed E-state index contributed by atoms with van der Waals surface area (Å²) in [7, 11) is 0. The SMILES string of the molecule is C=N/C(N)=C(\N=C(/C)c1ccccc1CC)c1nnc(-c2ccccc2)o1. The molecule has 0 aliphatic rings. The first kappa shape index (κ1) is 18.3. The number of benzene rings is 2. The van der Waals surface area contributed by atoms with Crippen LogP contribution in [0.3, 0.4) is 0 Å². The lowest BCUT2D eigenvalue weighted by atomic mass is 10.0. The Morgan fingerprint density at radius 1 is 1.07 bits per heavy atom. The Bertz CT molecular complexity index is 1000. The van der Waals surface area contributed by atoms with E-state index in [2.05, 4.69) is 39.9 Å². The van der Waals surface area contributed by atoms with Crippen molar-refractivity contribution in [3.63, 3.8) is 0 Å². The van der Waals surface area contributed by atoms with E-state index in [1.807, 2.05) is 55.5 Å². The fourth-order valence-corrected chi connectivity index (χ4v) is 2.72. The van der Waals surface area contributed by atoms with Crippen molar-refractivity contribution in [1.82, 2.24) is 10.2 Å². The molecule has 0 aliphatic heterocycles. The van der Waals surface area contributed by atoms with Crippen LogP contribution in [0.5, 0.6) is 0 Å². The molecule has 0 unspecified atom stereocenters. The summed E-state index contributed by atoms with van der Waals surface area (Å²) in [4.78, 5) is 8.45. The van der Waals surface area contributed by atoms with Crippen LogP contribution in [-0.4, -0.2) is 22.6 Å². The molecule has 1 heterocycles. The smallest absolute Gasteiger partial charge is 0.270 e. The predicted molar refractivity (Wildman–Crippen MR) is 108 cm³/mol. The van der Waals surface area contributed by atoms with Gasteiger partial charge >= 0.3 is 0 Å². The lowest BCUT2D eigenvalue weighted by Crippen LogP contribution is -2.04. The van der Waals surface area contributed by atoms with Gasteiger partial charge in [0.2, 0.25) is 5.89 Å². The molecule has 6 nitrogen and oxygen atoms in total. The van der Waals surface area contributed by atoms with Gasteiger partial charge in [-0.2, -0.15) is 0 Å². The molecule has 6 heteroatoms. The van der Waals surface area contributed by atoms with E-state index in [1.54, 1.807) is 0 Å². The Hall–Kier alpha value is -3.54. The molecule has 0 saturated carbocycles. The van der Waals surface area contributed by atoms with Crippen LogP contribution in [-0.2, 0) is 6.42 Å². The lowest BCUT2D eigenvalue weighted by molar-refractivity contribution is 0.551. The first-order valence-electron chi connectivity index (χ1n) is 8.63. The number of aromatic nitrogens is 2. The second-order valence-corrected chi connectivity index (χ2v) is 5.88. The van der Waals surface area contributed by atoms with Gasteiger partial charge in [-0.25, -0.2) is 9.98 Å². The van der Waals surface area contributed by atoms with Crippen LogP contribution >= 0.6 is 0 Å². The minimum Gasteiger partial charge on any atom is -0.414 e. The molecule has 3 aromatic rings. The maximum atomic E-state index is 6.01. The molecule has 0 fully saturated rings. The molecule has 0 radical (unpaired) electrons. The molecule has 0 spiro atoms. The molecule has 2 N–H and O–H groups in total. The van der Waals surface area contributed by atoms with Gasteiger partial charge in [-0.15, -0.1) is 10.2 Å². The number of aryl methyl sites for hydroxylation is 1. The maximum absolute atomic E-state index is 6.01. The molecule has 0 atom stereocenters. The molecular weight excluding hydrogens is 338 g/mol. The third kappa shape index (κ3) is 4.00. The van der Waals surface area contributed by atoms with E-state index >= 15 is 0 Å². The Morgan fingerprint density at radius 3 is 2.48 bits per heavy atom. The van der Waals surface area contributed by atoms with Crippen LogP contribution in [0.2, 0.25) is 0 Å². The number of nitrogens with two attached hydrogens (primary N) is 1. The zero-order chi connectivity index (χ0) is 19.2. The van der Waals surface area contributed by atoms with Gasteiger partial charge in [-0.3, -0.25) is 0 Å². The third-order valence-corrected chi connectivity index (χ3v) is 4.13. The van der Waals surface area contributed by atoms with Gasteiger partial charge in [-0.05, 0) is 43.3 Å². The lowest BCUT2D eigenvalue weighted by Gasteiger charge is -2.08. The molecule has 0 amide bonds. The summed E-state index contributed by atoms with van der Waals surface area (Å²) >= 11 is 0. The second-order valence-electron chi connectivity index (χ2n) is 5.88. The molecule has 27 heavy (non-hydrogen) atoms. The maximum Gasteiger partial charge on any atom is 0.270 e. The van der Waals surface area contributed by atoms with Gasteiger partial charge in [0.25, 0.3) is 5.89 Å². The van der Waals surface area contributed by atoms with E-state index in [0.717, 1.165) is 23.3 Å². The molecule has 136 valence electrons. The van der Waals surface area contributed by atoms with E-state index in [1.165, 1.54) is 5.56 Å². The van der Waals surface area contributed by atoms with Gasteiger partial charge in [0.05, 0.1) is 0 Å².